The lowest BCUT2D eigenvalue weighted by molar-refractivity contribution is 0.457. The van der Waals surface area contributed by atoms with E-state index in [4.69, 9.17) is 0 Å². The lowest BCUT2D eigenvalue weighted by Crippen LogP contribution is -2.02. The van der Waals surface area contributed by atoms with Crippen LogP contribution in [0, 0.1) is 6.92 Å². The van der Waals surface area contributed by atoms with Crippen molar-refractivity contribution in [1.82, 2.24) is 15.0 Å². The van der Waals surface area contributed by atoms with Gasteiger partial charge < -0.3 is 5.11 Å². The Balaban J connectivity index is 2.18. The molecule has 0 amide bonds. The largest absolute Gasteiger partial charge is 0.505 e. The predicted molar refractivity (Wildman–Crippen MR) is 92.0 cm³/mol. The topological polar surface area (TPSA) is 50.9 Å². The SMILES string of the molecule is Cc1cc(C(C)C)c(O)c(-n2nc3ccc(CBr)cc3n2)c1. The minimum absolute atomic E-state index is 0.239. The average molecular weight is 360 g/mol. The summed E-state index contributed by atoms with van der Waals surface area (Å²) in [5, 5.41) is 20.3. The van der Waals surface area contributed by atoms with E-state index in [0.29, 0.717) is 5.69 Å². The number of halogens is 1. The second kappa shape index (κ2) is 5.72. The highest BCUT2D eigenvalue weighted by Crippen LogP contribution is 2.32. The Morgan fingerprint density at radius 2 is 1.86 bits per heavy atom. The molecule has 114 valence electrons. The number of hydrogen-bond donors (Lipinski definition) is 1. The van der Waals surface area contributed by atoms with Crippen LogP contribution in [0.3, 0.4) is 0 Å². The third-order valence-electron chi connectivity index (χ3n) is 3.70. The number of fused-ring (bicyclic) bond motifs is 1. The highest BCUT2D eigenvalue weighted by atomic mass is 79.9. The summed E-state index contributed by atoms with van der Waals surface area (Å²) < 4.78 is 0. The Kier molecular flexibility index (Phi) is 3.91. The number of phenols is 1. The van der Waals surface area contributed by atoms with E-state index in [1.165, 1.54) is 4.80 Å². The number of rotatable bonds is 3. The molecule has 0 saturated heterocycles. The first kappa shape index (κ1) is 15.0. The van der Waals surface area contributed by atoms with Crippen molar-refractivity contribution in [1.29, 1.82) is 0 Å². The smallest absolute Gasteiger partial charge is 0.146 e. The van der Waals surface area contributed by atoms with Gasteiger partial charge in [-0.05, 0) is 47.7 Å². The highest BCUT2D eigenvalue weighted by Gasteiger charge is 2.15. The number of nitrogens with zero attached hydrogens (tertiary/aromatic N) is 3. The van der Waals surface area contributed by atoms with E-state index in [9.17, 15) is 5.11 Å². The molecule has 0 spiro atoms. The Labute approximate surface area is 137 Å². The normalized spacial score (nSPS) is 11.5. The van der Waals surface area contributed by atoms with Crippen molar-refractivity contribution in [2.75, 3.05) is 0 Å². The first-order valence-electron chi connectivity index (χ1n) is 7.25. The van der Waals surface area contributed by atoms with Crippen LogP contribution in [0.5, 0.6) is 5.75 Å². The van der Waals surface area contributed by atoms with Crippen LogP contribution in [0.4, 0.5) is 0 Å². The Morgan fingerprint density at radius 3 is 2.55 bits per heavy atom. The number of benzene rings is 2. The molecule has 0 atom stereocenters. The van der Waals surface area contributed by atoms with Gasteiger partial charge in [-0.3, -0.25) is 0 Å². The maximum Gasteiger partial charge on any atom is 0.146 e. The quantitative estimate of drug-likeness (QED) is 0.702. The van der Waals surface area contributed by atoms with Crippen molar-refractivity contribution in [3.8, 4) is 11.4 Å². The summed E-state index contributed by atoms with van der Waals surface area (Å²) in [7, 11) is 0. The summed E-state index contributed by atoms with van der Waals surface area (Å²) in [4.78, 5) is 1.52. The van der Waals surface area contributed by atoms with E-state index in [2.05, 4.69) is 40.0 Å². The number of alkyl halides is 1. The van der Waals surface area contributed by atoms with Crippen LogP contribution in [0.25, 0.3) is 16.7 Å². The highest BCUT2D eigenvalue weighted by molar-refractivity contribution is 9.08. The fourth-order valence-electron chi connectivity index (χ4n) is 2.53. The molecule has 0 bridgehead atoms. The van der Waals surface area contributed by atoms with Gasteiger partial charge in [0, 0.05) is 5.33 Å². The molecule has 4 nitrogen and oxygen atoms in total. The fraction of sp³-hybridized carbons (Fsp3) is 0.294. The average Bonchev–Trinajstić information content (AvgIpc) is 2.91. The summed E-state index contributed by atoms with van der Waals surface area (Å²) in [6.07, 6.45) is 0. The molecule has 3 aromatic rings. The van der Waals surface area contributed by atoms with Gasteiger partial charge in [0.05, 0.1) is 0 Å². The molecule has 1 heterocycles. The first-order valence-corrected chi connectivity index (χ1v) is 8.37. The molecule has 1 N–H and O–H groups in total. The zero-order valence-electron chi connectivity index (χ0n) is 12.8. The van der Waals surface area contributed by atoms with E-state index in [0.717, 1.165) is 33.1 Å². The zero-order valence-corrected chi connectivity index (χ0v) is 14.4. The first-order chi connectivity index (χ1) is 10.5. The van der Waals surface area contributed by atoms with Crippen molar-refractivity contribution >= 4 is 27.0 Å². The molecular formula is C17H18BrN3O. The number of aromatic hydroxyl groups is 1. The van der Waals surface area contributed by atoms with Crippen molar-refractivity contribution < 1.29 is 5.11 Å². The van der Waals surface area contributed by atoms with Crippen LogP contribution in [0.1, 0.15) is 36.5 Å². The molecule has 5 heteroatoms. The van der Waals surface area contributed by atoms with Gasteiger partial charge in [-0.25, -0.2) is 0 Å². The van der Waals surface area contributed by atoms with Crippen molar-refractivity contribution in [3.05, 3.63) is 47.0 Å². The standard InChI is InChI=1S/C17H18BrN3O/c1-10(2)13-6-11(3)7-16(17(13)22)21-19-14-5-4-12(9-18)8-15(14)20-21/h4-8,10,22H,9H2,1-3H3. The molecule has 0 aliphatic rings. The summed E-state index contributed by atoms with van der Waals surface area (Å²) in [6.45, 7) is 6.14. The van der Waals surface area contributed by atoms with Crippen LogP contribution >= 0.6 is 15.9 Å². The lowest BCUT2D eigenvalue weighted by Gasteiger charge is -2.13. The Hall–Kier alpha value is -1.88. The third-order valence-corrected chi connectivity index (χ3v) is 4.35. The van der Waals surface area contributed by atoms with Gasteiger partial charge in [-0.1, -0.05) is 41.9 Å². The maximum absolute atomic E-state index is 10.6. The second-order valence-corrected chi connectivity index (χ2v) is 6.38. The zero-order chi connectivity index (χ0) is 15.9. The molecule has 3 rings (SSSR count). The fourth-order valence-corrected chi connectivity index (χ4v) is 2.88. The molecule has 2 aromatic carbocycles. The van der Waals surface area contributed by atoms with Crippen LogP contribution in [0.15, 0.2) is 30.3 Å². The molecule has 22 heavy (non-hydrogen) atoms. The molecule has 0 saturated carbocycles. The number of aromatic nitrogens is 3. The molecule has 0 unspecified atom stereocenters. The van der Waals surface area contributed by atoms with Crippen LogP contribution in [0.2, 0.25) is 0 Å². The molecule has 0 fully saturated rings. The lowest BCUT2D eigenvalue weighted by atomic mass is 9.99. The molecule has 0 aliphatic heterocycles. The van der Waals surface area contributed by atoms with Gasteiger partial charge in [0.25, 0.3) is 0 Å². The van der Waals surface area contributed by atoms with Gasteiger partial charge in [0.2, 0.25) is 0 Å². The summed E-state index contributed by atoms with van der Waals surface area (Å²) >= 11 is 3.45. The number of hydrogen-bond acceptors (Lipinski definition) is 3. The van der Waals surface area contributed by atoms with Crippen LogP contribution in [-0.2, 0) is 5.33 Å². The summed E-state index contributed by atoms with van der Waals surface area (Å²) in [5.41, 5.74) is 5.41. The van der Waals surface area contributed by atoms with Crippen LogP contribution < -0.4 is 0 Å². The second-order valence-electron chi connectivity index (χ2n) is 5.82. The van der Waals surface area contributed by atoms with Gasteiger partial charge in [0.1, 0.15) is 22.5 Å². The number of aryl methyl sites for hydroxylation is 1. The third kappa shape index (κ3) is 2.61. The molecule has 0 radical (unpaired) electrons. The van der Waals surface area contributed by atoms with E-state index >= 15 is 0 Å². The number of phenolic OH excluding ortho intramolecular Hbond substituents is 1. The molecule has 1 aromatic heterocycles. The van der Waals surface area contributed by atoms with E-state index in [1.54, 1.807) is 0 Å². The van der Waals surface area contributed by atoms with Crippen molar-refractivity contribution in [3.63, 3.8) is 0 Å². The minimum atomic E-state index is 0.239. The Morgan fingerprint density at radius 1 is 1.14 bits per heavy atom. The monoisotopic (exact) mass is 359 g/mol. The Bertz CT molecular complexity index is 839. The minimum Gasteiger partial charge on any atom is -0.505 e. The van der Waals surface area contributed by atoms with Crippen molar-refractivity contribution in [2.45, 2.75) is 32.0 Å². The maximum atomic E-state index is 10.6. The van der Waals surface area contributed by atoms with E-state index in [1.807, 2.05) is 37.3 Å². The molecule has 0 aliphatic carbocycles. The predicted octanol–water partition coefficient (Wildman–Crippen LogP) is 4.45. The molecular weight excluding hydrogens is 342 g/mol. The summed E-state index contributed by atoms with van der Waals surface area (Å²) in [6, 6.07) is 9.89. The van der Waals surface area contributed by atoms with Crippen LogP contribution in [-0.4, -0.2) is 20.1 Å². The van der Waals surface area contributed by atoms with Gasteiger partial charge in [0.15, 0.2) is 0 Å². The van der Waals surface area contributed by atoms with E-state index in [-0.39, 0.29) is 11.7 Å². The summed E-state index contributed by atoms with van der Waals surface area (Å²) in [5.74, 6) is 0.491. The van der Waals surface area contributed by atoms with E-state index < -0.39 is 0 Å². The van der Waals surface area contributed by atoms with Crippen molar-refractivity contribution in [2.24, 2.45) is 0 Å². The van der Waals surface area contributed by atoms with Gasteiger partial charge in [-0.15, -0.1) is 15.0 Å². The van der Waals surface area contributed by atoms with Gasteiger partial charge >= 0.3 is 0 Å². The van der Waals surface area contributed by atoms with Gasteiger partial charge in [-0.2, -0.15) is 0 Å².